The van der Waals surface area contributed by atoms with E-state index in [2.05, 4.69) is 5.32 Å². The molecule has 0 saturated carbocycles. The normalized spacial score (nSPS) is 13.6. The molecule has 0 amide bonds. The lowest BCUT2D eigenvalue weighted by Gasteiger charge is -2.23. The van der Waals surface area contributed by atoms with Crippen LogP contribution < -0.4 is 11.1 Å². The van der Waals surface area contributed by atoms with Crippen molar-refractivity contribution >= 4 is 23.5 Å². The van der Waals surface area contributed by atoms with Crippen molar-refractivity contribution in [1.82, 2.24) is 5.32 Å². The van der Waals surface area contributed by atoms with Crippen molar-refractivity contribution < 1.29 is 28.7 Å². The van der Waals surface area contributed by atoms with Gasteiger partial charge in [0.05, 0.1) is 0 Å². The maximum atomic E-state index is 11.5. The zero-order valence-corrected chi connectivity index (χ0v) is 18.1. The molecular formula is C19H36N2O6. The average molecular weight is 389 g/mol. The molecule has 0 aromatic heterocycles. The number of rotatable bonds is 7. The van der Waals surface area contributed by atoms with Crippen LogP contribution >= 0.6 is 0 Å². The van der Waals surface area contributed by atoms with Gasteiger partial charge in [0, 0.05) is 12.8 Å². The van der Waals surface area contributed by atoms with Crippen LogP contribution in [0.2, 0.25) is 0 Å². The van der Waals surface area contributed by atoms with Gasteiger partial charge in [-0.1, -0.05) is 0 Å². The minimum Gasteiger partial charge on any atom is -0.459 e. The summed E-state index contributed by atoms with van der Waals surface area (Å²) in [4.78, 5) is 44.2. The molecule has 0 bridgehead atoms. The molecule has 0 spiro atoms. The highest BCUT2D eigenvalue weighted by molar-refractivity contribution is 5.85. The molecule has 27 heavy (non-hydrogen) atoms. The van der Waals surface area contributed by atoms with Gasteiger partial charge in [-0.2, -0.15) is 0 Å². The van der Waals surface area contributed by atoms with Crippen molar-refractivity contribution in [2.75, 3.05) is 7.05 Å². The maximum Gasteiger partial charge on any atom is 0.324 e. The van der Waals surface area contributed by atoms with E-state index < -0.39 is 29.3 Å². The lowest BCUT2D eigenvalue weighted by Crippen LogP contribution is -2.40. The number of ketones is 2. The van der Waals surface area contributed by atoms with Gasteiger partial charge in [-0.15, -0.1) is 0 Å². The highest BCUT2D eigenvalue weighted by Crippen LogP contribution is 2.10. The quantitative estimate of drug-likeness (QED) is 0.629. The minimum atomic E-state index is -0.836. The van der Waals surface area contributed by atoms with Crippen LogP contribution in [0.5, 0.6) is 0 Å². The summed E-state index contributed by atoms with van der Waals surface area (Å²) in [5.41, 5.74) is 4.37. The van der Waals surface area contributed by atoms with E-state index in [1.807, 2.05) is 0 Å². The van der Waals surface area contributed by atoms with Crippen molar-refractivity contribution in [1.29, 1.82) is 0 Å². The Bertz CT molecular complexity index is 517. The third-order valence-corrected chi connectivity index (χ3v) is 2.75. The highest BCUT2D eigenvalue weighted by atomic mass is 16.6. The number of hydrogen-bond acceptors (Lipinski definition) is 8. The molecule has 2 unspecified atom stereocenters. The van der Waals surface area contributed by atoms with E-state index in [4.69, 9.17) is 15.2 Å². The zero-order valence-electron chi connectivity index (χ0n) is 18.1. The van der Waals surface area contributed by atoms with Crippen molar-refractivity contribution in [3.05, 3.63) is 0 Å². The van der Waals surface area contributed by atoms with E-state index in [1.165, 1.54) is 13.8 Å². The van der Waals surface area contributed by atoms with E-state index in [-0.39, 0.29) is 30.4 Å². The standard InChI is InChI=1S/C10H19NO3.C9H17NO3/c1-7(12)6-8(11-5)9(13)14-10(2,3)4;1-6(11)5-7(10)8(12)13-9(2,3)4/h8,11H,6H2,1-5H3;7H,5,10H2,1-4H3. The first-order chi connectivity index (χ1) is 12.0. The molecule has 2 atom stereocenters. The van der Waals surface area contributed by atoms with E-state index in [9.17, 15) is 19.2 Å². The van der Waals surface area contributed by atoms with Gasteiger partial charge in [-0.05, 0) is 62.4 Å². The van der Waals surface area contributed by atoms with Crippen molar-refractivity contribution in [3.8, 4) is 0 Å². The monoisotopic (exact) mass is 388 g/mol. The van der Waals surface area contributed by atoms with Crippen LogP contribution in [0.25, 0.3) is 0 Å². The molecule has 0 aromatic rings. The third kappa shape index (κ3) is 17.4. The fourth-order valence-corrected chi connectivity index (χ4v) is 1.73. The molecule has 0 radical (unpaired) electrons. The molecule has 3 N–H and O–H groups in total. The second-order valence-electron chi connectivity index (χ2n) is 8.33. The van der Waals surface area contributed by atoms with Crippen LogP contribution in [-0.2, 0) is 28.7 Å². The molecule has 158 valence electrons. The van der Waals surface area contributed by atoms with Crippen LogP contribution in [0, 0.1) is 0 Å². The van der Waals surface area contributed by atoms with Gasteiger partial charge >= 0.3 is 11.9 Å². The summed E-state index contributed by atoms with van der Waals surface area (Å²) in [5.74, 6) is -1.05. The van der Waals surface area contributed by atoms with E-state index >= 15 is 0 Å². The van der Waals surface area contributed by atoms with Crippen LogP contribution in [0.3, 0.4) is 0 Å². The number of hydrogen-bond donors (Lipinski definition) is 2. The topological polar surface area (TPSA) is 125 Å². The Kier molecular flexibility index (Phi) is 12.0. The molecule has 0 saturated heterocycles. The van der Waals surface area contributed by atoms with Gasteiger partial charge in [0.25, 0.3) is 0 Å². The lowest BCUT2D eigenvalue weighted by molar-refractivity contribution is -0.158. The summed E-state index contributed by atoms with van der Waals surface area (Å²) < 4.78 is 10.1. The average Bonchev–Trinajstić information content (AvgIpc) is 2.40. The highest BCUT2D eigenvalue weighted by Gasteiger charge is 2.25. The van der Waals surface area contributed by atoms with Gasteiger partial charge in [-0.3, -0.25) is 19.2 Å². The van der Waals surface area contributed by atoms with Gasteiger partial charge in [0.15, 0.2) is 0 Å². The SMILES string of the molecule is CC(=O)CC(N)C(=O)OC(C)(C)C.CNC(CC(C)=O)C(=O)OC(C)(C)C. The third-order valence-electron chi connectivity index (χ3n) is 2.75. The molecule has 0 aliphatic carbocycles. The first-order valence-corrected chi connectivity index (χ1v) is 8.86. The Morgan fingerprint density at radius 3 is 1.48 bits per heavy atom. The number of carbonyl (C=O) groups is 4. The predicted molar refractivity (Wildman–Crippen MR) is 103 cm³/mol. The summed E-state index contributed by atoms with van der Waals surface area (Å²) in [6.45, 7) is 13.5. The number of carbonyl (C=O) groups excluding carboxylic acids is 4. The zero-order chi connectivity index (χ0) is 22.0. The van der Waals surface area contributed by atoms with Gasteiger partial charge in [0.1, 0.15) is 34.9 Å². The first-order valence-electron chi connectivity index (χ1n) is 8.86. The Balaban J connectivity index is 0. The molecule has 8 heteroatoms. The summed E-state index contributed by atoms with van der Waals surface area (Å²) in [7, 11) is 1.64. The number of likely N-dealkylation sites (N-methyl/N-ethyl adjacent to an activating group) is 1. The second-order valence-corrected chi connectivity index (χ2v) is 8.33. The van der Waals surface area contributed by atoms with Crippen LogP contribution in [0.1, 0.15) is 68.2 Å². The Morgan fingerprint density at radius 1 is 0.815 bits per heavy atom. The van der Waals surface area contributed by atoms with Crippen LogP contribution in [0.15, 0.2) is 0 Å². The number of nitrogens with two attached hydrogens (primary N) is 1. The fraction of sp³-hybridized carbons (Fsp3) is 0.789. The molecule has 0 aliphatic heterocycles. The Morgan fingerprint density at radius 2 is 1.19 bits per heavy atom. The van der Waals surface area contributed by atoms with Gasteiger partial charge in [-0.25, -0.2) is 0 Å². The first kappa shape index (κ1) is 27.4. The van der Waals surface area contributed by atoms with Crippen molar-refractivity contribution in [2.24, 2.45) is 5.73 Å². The maximum absolute atomic E-state index is 11.5. The van der Waals surface area contributed by atoms with E-state index in [0.717, 1.165) is 0 Å². The van der Waals surface area contributed by atoms with Gasteiger partial charge < -0.3 is 20.5 Å². The van der Waals surface area contributed by atoms with Crippen LogP contribution in [-0.4, -0.2) is 53.8 Å². The summed E-state index contributed by atoms with van der Waals surface area (Å²) in [5, 5.41) is 2.76. The predicted octanol–water partition coefficient (Wildman–Crippen LogP) is 1.53. The van der Waals surface area contributed by atoms with Crippen molar-refractivity contribution in [3.63, 3.8) is 0 Å². The summed E-state index contributed by atoms with van der Waals surface area (Å²) in [6.07, 6.45) is 0.209. The molecule has 0 rings (SSSR count). The number of nitrogens with one attached hydrogen (secondary N) is 1. The minimum absolute atomic E-state index is 0.0322. The van der Waals surface area contributed by atoms with Crippen LogP contribution in [0.4, 0.5) is 0 Å². The molecule has 8 nitrogen and oxygen atoms in total. The lowest BCUT2D eigenvalue weighted by atomic mass is 10.1. The van der Waals surface area contributed by atoms with Gasteiger partial charge in [0.2, 0.25) is 0 Å². The summed E-state index contributed by atoms with van der Waals surface area (Å²) in [6, 6.07) is -1.37. The molecule has 0 aliphatic rings. The number of esters is 2. The molecule has 0 heterocycles. The molecule has 0 aromatic carbocycles. The van der Waals surface area contributed by atoms with E-state index in [1.54, 1.807) is 48.6 Å². The number of Topliss-reactive ketones (excluding diaryl/α,β-unsaturated/α-hetero) is 2. The molecule has 0 fully saturated rings. The number of ether oxygens (including phenoxy) is 2. The fourth-order valence-electron chi connectivity index (χ4n) is 1.73. The molecular weight excluding hydrogens is 352 g/mol. The Hall–Kier alpha value is -1.80. The second kappa shape index (κ2) is 11.8. The summed E-state index contributed by atoms with van der Waals surface area (Å²) >= 11 is 0. The Labute approximate surface area is 162 Å². The van der Waals surface area contributed by atoms with Crippen molar-refractivity contribution in [2.45, 2.75) is 91.5 Å². The smallest absolute Gasteiger partial charge is 0.324 e. The largest absolute Gasteiger partial charge is 0.459 e. The van der Waals surface area contributed by atoms with E-state index in [0.29, 0.717) is 0 Å².